The fraction of sp³-hybridized carbons (Fsp3) is 0.211. The Morgan fingerprint density at radius 1 is 1.19 bits per heavy atom. The minimum Gasteiger partial charge on any atom is -0.359 e. The van der Waals surface area contributed by atoms with Crippen molar-refractivity contribution in [1.82, 2.24) is 15.5 Å². The van der Waals surface area contributed by atoms with Crippen LogP contribution in [0.5, 0.6) is 0 Å². The highest BCUT2D eigenvalue weighted by Crippen LogP contribution is 2.30. The second-order valence-corrected chi connectivity index (χ2v) is 5.99. The van der Waals surface area contributed by atoms with Gasteiger partial charge in [0, 0.05) is 17.8 Å². The summed E-state index contributed by atoms with van der Waals surface area (Å²) >= 11 is 0. The number of halogens is 3. The van der Waals surface area contributed by atoms with Crippen molar-refractivity contribution in [3.8, 4) is 11.3 Å². The third-order valence-corrected chi connectivity index (χ3v) is 3.89. The van der Waals surface area contributed by atoms with E-state index in [4.69, 9.17) is 4.52 Å². The maximum absolute atomic E-state index is 12.8. The second kappa shape index (κ2) is 7.61. The van der Waals surface area contributed by atoms with Crippen LogP contribution in [0.3, 0.4) is 0 Å². The molecule has 1 N–H and O–H groups in total. The molecule has 140 valence electrons. The zero-order valence-electron chi connectivity index (χ0n) is 14.3. The molecular formula is C19H16F3N3O2. The zero-order chi connectivity index (χ0) is 19.4. The van der Waals surface area contributed by atoms with E-state index in [-0.39, 0.29) is 23.6 Å². The minimum absolute atomic E-state index is 0.199. The Morgan fingerprint density at radius 2 is 1.93 bits per heavy atom. The van der Waals surface area contributed by atoms with Gasteiger partial charge in [-0.15, -0.1) is 0 Å². The average Bonchev–Trinajstić information content (AvgIpc) is 3.12. The maximum Gasteiger partial charge on any atom is 0.433 e. The molecule has 2 heterocycles. The van der Waals surface area contributed by atoms with Crippen LogP contribution in [-0.4, -0.2) is 16.0 Å². The predicted molar refractivity (Wildman–Crippen MR) is 91.4 cm³/mol. The number of pyridine rings is 1. The summed E-state index contributed by atoms with van der Waals surface area (Å²) in [5.41, 5.74) is 0.336. The smallest absolute Gasteiger partial charge is 0.359 e. The van der Waals surface area contributed by atoms with Crippen molar-refractivity contribution >= 4 is 5.91 Å². The number of nitrogens with one attached hydrogen (secondary N) is 1. The number of aromatic nitrogens is 2. The van der Waals surface area contributed by atoms with Gasteiger partial charge in [-0.25, -0.2) is 0 Å². The zero-order valence-corrected chi connectivity index (χ0v) is 14.3. The highest BCUT2D eigenvalue weighted by molar-refractivity contribution is 5.79. The number of hydrogen-bond donors (Lipinski definition) is 1. The summed E-state index contributed by atoms with van der Waals surface area (Å²) in [6.45, 7) is 1.71. The van der Waals surface area contributed by atoms with E-state index in [2.05, 4.69) is 15.5 Å². The number of hydrogen-bond acceptors (Lipinski definition) is 4. The number of carbonyl (C=O) groups is 1. The number of rotatable bonds is 5. The molecule has 1 unspecified atom stereocenters. The van der Waals surface area contributed by atoms with Crippen LogP contribution in [0.4, 0.5) is 13.2 Å². The van der Waals surface area contributed by atoms with E-state index in [0.717, 1.165) is 17.8 Å². The lowest BCUT2D eigenvalue weighted by atomic mass is 10.1. The summed E-state index contributed by atoms with van der Waals surface area (Å²) in [7, 11) is 0. The molecule has 0 aliphatic heterocycles. The quantitative estimate of drug-likeness (QED) is 0.727. The van der Waals surface area contributed by atoms with E-state index in [9.17, 15) is 18.0 Å². The van der Waals surface area contributed by atoms with Crippen LogP contribution < -0.4 is 5.32 Å². The van der Waals surface area contributed by atoms with Crippen LogP contribution >= 0.6 is 0 Å². The Bertz CT molecular complexity index is 923. The van der Waals surface area contributed by atoms with Crippen LogP contribution in [0.25, 0.3) is 11.3 Å². The molecule has 1 amide bonds. The third-order valence-electron chi connectivity index (χ3n) is 3.89. The topological polar surface area (TPSA) is 68.0 Å². The lowest BCUT2D eigenvalue weighted by Gasteiger charge is -2.10. The van der Waals surface area contributed by atoms with Crippen LogP contribution in [0.15, 0.2) is 59.3 Å². The Kier molecular flexibility index (Phi) is 5.25. The van der Waals surface area contributed by atoms with Crippen molar-refractivity contribution in [2.75, 3.05) is 0 Å². The predicted octanol–water partition coefficient (Wildman–Crippen LogP) is 4.18. The first-order valence-corrected chi connectivity index (χ1v) is 8.16. The van der Waals surface area contributed by atoms with E-state index in [1.54, 1.807) is 6.92 Å². The fourth-order valence-corrected chi connectivity index (χ4v) is 2.52. The molecule has 5 nitrogen and oxygen atoms in total. The molecule has 1 atom stereocenters. The molecule has 2 aromatic heterocycles. The molecule has 0 saturated carbocycles. The summed E-state index contributed by atoms with van der Waals surface area (Å²) < 4.78 is 43.5. The molecule has 0 spiro atoms. The summed E-state index contributed by atoms with van der Waals surface area (Å²) in [4.78, 5) is 15.4. The van der Waals surface area contributed by atoms with E-state index in [0.29, 0.717) is 5.76 Å². The summed E-state index contributed by atoms with van der Waals surface area (Å²) in [5.74, 6) is 0.145. The monoisotopic (exact) mass is 375 g/mol. The Labute approximate surface area is 153 Å². The molecule has 3 rings (SSSR count). The van der Waals surface area contributed by atoms with Gasteiger partial charge in [-0.3, -0.25) is 9.78 Å². The lowest BCUT2D eigenvalue weighted by Crippen LogP contribution is -2.27. The lowest BCUT2D eigenvalue weighted by molar-refractivity contribution is -0.141. The number of benzene rings is 1. The van der Waals surface area contributed by atoms with E-state index in [1.165, 1.54) is 12.1 Å². The Hall–Kier alpha value is -3.16. The number of amides is 1. The molecule has 0 radical (unpaired) electrons. The van der Waals surface area contributed by atoms with Gasteiger partial charge >= 0.3 is 6.18 Å². The largest absolute Gasteiger partial charge is 0.433 e. The molecular weight excluding hydrogens is 359 g/mol. The first-order chi connectivity index (χ1) is 12.8. The Morgan fingerprint density at radius 3 is 2.63 bits per heavy atom. The van der Waals surface area contributed by atoms with E-state index < -0.39 is 17.9 Å². The van der Waals surface area contributed by atoms with Gasteiger partial charge in [-0.05, 0) is 24.6 Å². The third kappa shape index (κ3) is 4.72. The van der Waals surface area contributed by atoms with Crippen molar-refractivity contribution in [3.63, 3.8) is 0 Å². The number of alkyl halides is 3. The van der Waals surface area contributed by atoms with Gasteiger partial charge < -0.3 is 9.84 Å². The van der Waals surface area contributed by atoms with Crippen molar-refractivity contribution in [1.29, 1.82) is 0 Å². The molecule has 0 aliphatic carbocycles. The first kappa shape index (κ1) is 18.6. The highest BCUT2D eigenvalue weighted by atomic mass is 19.4. The molecule has 0 aliphatic rings. The average molecular weight is 375 g/mol. The van der Waals surface area contributed by atoms with E-state index >= 15 is 0 Å². The van der Waals surface area contributed by atoms with Gasteiger partial charge in [0.2, 0.25) is 5.91 Å². The van der Waals surface area contributed by atoms with Gasteiger partial charge in [0.15, 0.2) is 5.76 Å². The molecule has 0 bridgehead atoms. The summed E-state index contributed by atoms with van der Waals surface area (Å²) in [5, 5.41) is 6.58. The van der Waals surface area contributed by atoms with Gasteiger partial charge in [0.1, 0.15) is 11.4 Å². The van der Waals surface area contributed by atoms with Gasteiger partial charge in [0.25, 0.3) is 0 Å². The molecule has 8 heteroatoms. The van der Waals surface area contributed by atoms with Crippen LogP contribution in [0.2, 0.25) is 0 Å². The Balaban J connectivity index is 1.69. The normalized spacial score (nSPS) is 12.6. The van der Waals surface area contributed by atoms with E-state index in [1.807, 2.05) is 30.3 Å². The van der Waals surface area contributed by atoms with Crippen LogP contribution in [0.1, 0.15) is 30.0 Å². The first-order valence-electron chi connectivity index (χ1n) is 8.16. The van der Waals surface area contributed by atoms with Crippen LogP contribution in [-0.2, 0) is 17.4 Å². The summed E-state index contributed by atoms with van der Waals surface area (Å²) in [6.07, 6.45) is -3.26. The van der Waals surface area contributed by atoms with Gasteiger partial charge in [-0.1, -0.05) is 35.5 Å². The van der Waals surface area contributed by atoms with Crippen molar-refractivity contribution in [2.24, 2.45) is 0 Å². The molecule has 3 aromatic rings. The standard InChI is InChI=1S/C19H16F3N3O2/c1-12(24-18(26)9-13-5-3-2-4-6-13)16-11-15(25-27-16)14-7-8-23-17(10-14)19(20,21)22/h2-8,10-12H,9H2,1H3,(H,24,26). The molecule has 27 heavy (non-hydrogen) atoms. The number of carbonyl (C=O) groups excluding carboxylic acids is 1. The molecule has 1 aromatic carbocycles. The van der Waals surface area contributed by atoms with Crippen LogP contribution in [0, 0.1) is 0 Å². The molecule has 0 fully saturated rings. The summed E-state index contributed by atoms with van der Waals surface area (Å²) in [6, 6.07) is 12.6. The molecule has 0 saturated heterocycles. The SMILES string of the molecule is CC(NC(=O)Cc1ccccc1)c1cc(-c2ccnc(C(F)(F)F)c2)no1. The van der Waals surface area contributed by atoms with Crippen molar-refractivity contribution < 1.29 is 22.5 Å². The second-order valence-electron chi connectivity index (χ2n) is 5.99. The highest BCUT2D eigenvalue weighted by Gasteiger charge is 2.32. The van der Waals surface area contributed by atoms with Crippen molar-refractivity contribution in [3.05, 3.63) is 71.7 Å². The fourth-order valence-electron chi connectivity index (χ4n) is 2.52. The van der Waals surface area contributed by atoms with Crippen molar-refractivity contribution in [2.45, 2.75) is 25.6 Å². The van der Waals surface area contributed by atoms with Gasteiger partial charge in [0.05, 0.1) is 12.5 Å². The maximum atomic E-state index is 12.8. The van der Waals surface area contributed by atoms with Gasteiger partial charge in [-0.2, -0.15) is 13.2 Å². The minimum atomic E-state index is -4.54. The number of nitrogens with zero attached hydrogens (tertiary/aromatic N) is 2.